The first-order valence-electron chi connectivity index (χ1n) is 10.1. The SMILES string of the molecule is COc1ccc(C23CC4CC(CC(C(=O)NCCCC(=O)O)(C4)C2)C3)cc1. The predicted octanol–water partition coefficient (Wildman–Crippen LogP) is 3.51. The Morgan fingerprint density at radius 1 is 1.15 bits per heavy atom. The van der Waals surface area contributed by atoms with Gasteiger partial charge in [-0.25, -0.2) is 0 Å². The summed E-state index contributed by atoms with van der Waals surface area (Å²) in [5.74, 6) is 1.46. The summed E-state index contributed by atoms with van der Waals surface area (Å²) in [6.45, 7) is 0.456. The summed E-state index contributed by atoms with van der Waals surface area (Å²) in [7, 11) is 1.68. The van der Waals surface area contributed by atoms with Gasteiger partial charge in [-0.2, -0.15) is 0 Å². The molecule has 5 nitrogen and oxygen atoms in total. The van der Waals surface area contributed by atoms with E-state index in [2.05, 4.69) is 17.4 Å². The van der Waals surface area contributed by atoms with Crippen molar-refractivity contribution in [2.45, 2.75) is 56.8 Å². The van der Waals surface area contributed by atoms with Gasteiger partial charge in [0.2, 0.25) is 5.91 Å². The predicted molar refractivity (Wildman–Crippen MR) is 102 cm³/mol. The van der Waals surface area contributed by atoms with Crippen molar-refractivity contribution in [2.75, 3.05) is 13.7 Å². The van der Waals surface area contributed by atoms with Crippen molar-refractivity contribution in [3.8, 4) is 5.75 Å². The van der Waals surface area contributed by atoms with Gasteiger partial charge in [-0.05, 0) is 79.9 Å². The highest BCUT2D eigenvalue weighted by Gasteiger charge is 2.60. The summed E-state index contributed by atoms with van der Waals surface area (Å²) in [6.07, 6.45) is 7.13. The van der Waals surface area contributed by atoms with Crippen molar-refractivity contribution in [2.24, 2.45) is 17.3 Å². The largest absolute Gasteiger partial charge is 0.497 e. The molecule has 0 radical (unpaired) electrons. The van der Waals surface area contributed by atoms with E-state index in [0.29, 0.717) is 24.8 Å². The molecular weight excluding hydrogens is 342 g/mol. The van der Waals surface area contributed by atoms with Gasteiger partial charge in [0.25, 0.3) is 0 Å². The van der Waals surface area contributed by atoms with E-state index in [1.54, 1.807) is 7.11 Å². The highest BCUT2D eigenvalue weighted by Crippen LogP contribution is 2.65. The van der Waals surface area contributed by atoms with Crippen molar-refractivity contribution in [3.05, 3.63) is 29.8 Å². The molecule has 0 spiro atoms. The lowest BCUT2D eigenvalue weighted by Crippen LogP contribution is -2.59. The van der Waals surface area contributed by atoms with Crippen LogP contribution in [0.5, 0.6) is 5.75 Å². The molecule has 0 aliphatic heterocycles. The topological polar surface area (TPSA) is 75.6 Å². The molecule has 4 fully saturated rings. The third-order valence-electron chi connectivity index (χ3n) is 7.10. The van der Waals surface area contributed by atoms with Crippen LogP contribution >= 0.6 is 0 Å². The highest BCUT2D eigenvalue weighted by atomic mass is 16.5. The maximum absolute atomic E-state index is 13.1. The fourth-order valence-electron chi connectivity index (χ4n) is 6.44. The van der Waals surface area contributed by atoms with E-state index in [1.165, 1.54) is 24.8 Å². The molecule has 2 atom stereocenters. The number of methoxy groups -OCH3 is 1. The quantitative estimate of drug-likeness (QED) is 0.719. The average molecular weight is 371 g/mol. The van der Waals surface area contributed by atoms with Gasteiger partial charge in [-0.3, -0.25) is 9.59 Å². The Bertz CT molecular complexity index is 712. The Kier molecular flexibility index (Phi) is 4.65. The third-order valence-corrected chi connectivity index (χ3v) is 7.10. The number of benzene rings is 1. The van der Waals surface area contributed by atoms with E-state index in [4.69, 9.17) is 9.84 Å². The van der Waals surface area contributed by atoms with Gasteiger partial charge in [0.15, 0.2) is 0 Å². The van der Waals surface area contributed by atoms with Crippen molar-refractivity contribution >= 4 is 11.9 Å². The van der Waals surface area contributed by atoms with Gasteiger partial charge in [0.05, 0.1) is 12.5 Å². The van der Waals surface area contributed by atoms with Gasteiger partial charge >= 0.3 is 5.97 Å². The van der Waals surface area contributed by atoms with Crippen LogP contribution in [-0.2, 0) is 15.0 Å². The Hall–Kier alpha value is -2.04. The number of carbonyl (C=O) groups excluding carboxylic acids is 1. The van der Waals surface area contributed by atoms with Gasteiger partial charge in [0, 0.05) is 13.0 Å². The molecule has 0 saturated heterocycles. The lowest BCUT2D eigenvalue weighted by atomic mass is 9.42. The molecule has 2 unspecified atom stereocenters. The standard InChI is InChI=1S/C22H29NO4/c1-27-18-6-4-17(5-7-18)21-10-15-9-16(11-21)13-22(12-15,14-21)20(26)23-8-2-3-19(24)25/h4-7,15-16H,2-3,8-14H2,1H3,(H,23,26)(H,24,25). The summed E-state index contributed by atoms with van der Waals surface area (Å²) in [6, 6.07) is 8.44. The maximum Gasteiger partial charge on any atom is 0.303 e. The van der Waals surface area contributed by atoms with Crippen molar-refractivity contribution in [1.29, 1.82) is 0 Å². The monoisotopic (exact) mass is 371 g/mol. The van der Waals surface area contributed by atoms with Crippen LogP contribution in [-0.4, -0.2) is 30.6 Å². The molecule has 0 heterocycles. The van der Waals surface area contributed by atoms with Crippen LogP contribution < -0.4 is 10.1 Å². The van der Waals surface area contributed by atoms with Gasteiger partial charge in [0.1, 0.15) is 5.75 Å². The van der Waals surface area contributed by atoms with Crippen molar-refractivity contribution in [3.63, 3.8) is 0 Å². The molecule has 4 saturated carbocycles. The number of carboxylic acids is 1. The first-order valence-corrected chi connectivity index (χ1v) is 10.1. The molecule has 27 heavy (non-hydrogen) atoms. The van der Waals surface area contributed by atoms with E-state index < -0.39 is 5.97 Å². The fourth-order valence-corrected chi connectivity index (χ4v) is 6.44. The zero-order valence-corrected chi connectivity index (χ0v) is 16.0. The number of aliphatic carboxylic acids is 1. The molecule has 1 aromatic rings. The van der Waals surface area contributed by atoms with Gasteiger partial charge in [-0.15, -0.1) is 0 Å². The molecule has 146 valence electrons. The second kappa shape index (κ2) is 6.84. The summed E-state index contributed by atoms with van der Waals surface area (Å²) in [4.78, 5) is 23.8. The average Bonchev–Trinajstić information content (AvgIpc) is 2.64. The smallest absolute Gasteiger partial charge is 0.303 e. The molecule has 4 aliphatic rings. The normalized spacial score (nSPS) is 33.7. The minimum Gasteiger partial charge on any atom is -0.497 e. The summed E-state index contributed by atoms with van der Waals surface area (Å²) >= 11 is 0. The molecule has 0 aromatic heterocycles. The third kappa shape index (κ3) is 3.32. The zero-order chi connectivity index (χ0) is 19.1. The van der Waals surface area contributed by atoms with Crippen LogP contribution in [0, 0.1) is 17.3 Å². The first-order chi connectivity index (χ1) is 12.9. The van der Waals surface area contributed by atoms with Crippen LogP contribution in [0.4, 0.5) is 0 Å². The summed E-state index contributed by atoms with van der Waals surface area (Å²) in [5.41, 5.74) is 1.18. The van der Waals surface area contributed by atoms with Gasteiger partial charge < -0.3 is 15.2 Å². The maximum atomic E-state index is 13.1. The van der Waals surface area contributed by atoms with Crippen LogP contribution in [0.1, 0.15) is 56.9 Å². The second-order valence-electron chi connectivity index (χ2n) is 9.00. The van der Waals surface area contributed by atoms with Crippen LogP contribution in [0.2, 0.25) is 0 Å². The minimum atomic E-state index is -0.808. The van der Waals surface area contributed by atoms with E-state index in [1.807, 2.05) is 12.1 Å². The molecule has 2 N–H and O–H groups in total. The Balaban J connectivity index is 1.53. The number of hydrogen-bond acceptors (Lipinski definition) is 3. The number of carboxylic acid groups (broad SMARTS) is 1. The Labute approximate surface area is 160 Å². The zero-order valence-electron chi connectivity index (χ0n) is 16.0. The lowest BCUT2D eigenvalue weighted by Gasteiger charge is -2.61. The molecule has 5 heteroatoms. The minimum absolute atomic E-state index is 0.105. The number of rotatable bonds is 7. The van der Waals surface area contributed by atoms with Crippen molar-refractivity contribution in [1.82, 2.24) is 5.32 Å². The summed E-state index contributed by atoms with van der Waals surface area (Å²) < 4.78 is 5.31. The van der Waals surface area contributed by atoms with Crippen LogP contribution in [0.25, 0.3) is 0 Å². The number of ether oxygens (including phenoxy) is 1. The number of nitrogens with one attached hydrogen (secondary N) is 1. The first kappa shape index (κ1) is 18.3. The second-order valence-corrected chi connectivity index (χ2v) is 9.00. The molecular formula is C22H29NO4. The fraction of sp³-hybridized carbons (Fsp3) is 0.636. The lowest BCUT2D eigenvalue weighted by molar-refractivity contribution is -0.149. The van der Waals surface area contributed by atoms with Crippen LogP contribution in [0.3, 0.4) is 0 Å². The Morgan fingerprint density at radius 3 is 2.41 bits per heavy atom. The highest BCUT2D eigenvalue weighted by molar-refractivity contribution is 5.83. The molecule has 4 aliphatic carbocycles. The molecule has 5 rings (SSSR count). The number of amides is 1. The van der Waals surface area contributed by atoms with E-state index in [9.17, 15) is 9.59 Å². The summed E-state index contributed by atoms with van der Waals surface area (Å²) in [5, 5.41) is 11.8. The van der Waals surface area contributed by atoms with Crippen molar-refractivity contribution < 1.29 is 19.4 Å². The molecule has 1 amide bonds. The van der Waals surface area contributed by atoms with E-state index in [-0.39, 0.29) is 23.2 Å². The van der Waals surface area contributed by atoms with E-state index >= 15 is 0 Å². The van der Waals surface area contributed by atoms with Crippen LogP contribution in [0.15, 0.2) is 24.3 Å². The molecule has 4 bridgehead atoms. The molecule has 1 aromatic carbocycles. The Morgan fingerprint density at radius 2 is 1.81 bits per heavy atom. The van der Waals surface area contributed by atoms with Gasteiger partial charge in [-0.1, -0.05) is 12.1 Å². The van der Waals surface area contributed by atoms with E-state index in [0.717, 1.165) is 25.0 Å². The number of carbonyl (C=O) groups is 2. The number of hydrogen-bond donors (Lipinski definition) is 2.